The van der Waals surface area contributed by atoms with Crippen LogP contribution in [0.15, 0.2) is 18.3 Å². The first-order valence-electron chi connectivity index (χ1n) is 4.69. The van der Waals surface area contributed by atoms with E-state index >= 15 is 0 Å². The minimum Gasteiger partial charge on any atom is -0.490 e. The largest absolute Gasteiger partial charge is 0.490 e. The van der Waals surface area contributed by atoms with E-state index in [4.69, 9.17) is 4.74 Å². The molecule has 3 nitrogen and oxygen atoms in total. The summed E-state index contributed by atoms with van der Waals surface area (Å²) in [5, 5.41) is 2.99. The van der Waals surface area contributed by atoms with Crippen LogP contribution in [0.3, 0.4) is 0 Å². The topological polar surface area (TPSA) is 34.1 Å². The van der Waals surface area contributed by atoms with Crippen LogP contribution in [0, 0.1) is 0 Å². The third kappa shape index (κ3) is 1.91. The normalized spacial score (nSPS) is 16.4. The molecule has 1 fully saturated rings. The Kier molecular flexibility index (Phi) is 2.34. The van der Waals surface area contributed by atoms with Crippen molar-refractivity contribution in [2.45, 2.75) is 25.4 Å². The van der Waals surface area contributed by atoms with E-state index in [2.05, 4.69) is 10.3 Å². The van der Waals surface area contributed by atoms with E-state index in [-0.39, 0.29) is 0 Å². The Bertz CT molecular complexity index is 284. The summed E-state index contributed by atoms with van der Waals surface area (Å²) in [5.41, 5.74) is 0. The van der Waals surface area contributed by atoms with Crippen molar-refractivity contribution in [2.75, 3.05) is 12.4 Å². The van der Waals surface area contributed by atoms with Gasteiger partial charge < -0.3 is 10.1 Å². The van der Waals surface area contributed by atoms with Crippen LogP contribution in [0.2, 0.25) is 0 Å². The minimum absolute atomic E-state index is 0.437. The highest BCUT2D eigenvalue weighted by Crippen LogP contribution is 2.25. The Morgan fingerprint density at radius 2 is 2.38 bits per heavy atom. The first-order chi connectivity index (χ1) is 6.38. The highest BCUT2D eigenvalue weighted by Gasteiger charge is 2.18. The smallest absolute Gasteiger partial charge is 0.129 e. The SMILES string of the molecule is CNc1cc(OC2CCC2)ccn1. The number of aromatic nitrogens is 1. The molecule has 3 heteroatoms. The number of ether oxygens (including phenoxy) is 1. The van der Waals surface area contributed by atoms with Gasteiger partial charge >= 0.3 is 0 Å². The van der Waals surface area contributed by atoms with Crippen molar-refractivity contribution in [1.82, 2.24) is 4.98 Å². The fourth-order valence-corrected chi connectivity index (χ4v) is 1.30. The van der Waals surface area contributed by atoms with Crippen molar-refractivity contribution in [1.29, 1.82) is 0 Å². The quantitative estimate of drug-likeness (QED) is 0.769. The summed E-state index contributed by atoms with van der Waals surface area (Å²) in [7, 11) is 1.86. The standard InChI is InChI=1S/C10H14N2O/c1-11-10-7-9(5-6-12-10)13-8-3-2-4-8/h5-8H,2-4H2,1H3,(H,11,12). The van der Waals surface area contributed by atoms with Crippen LogP contribution in [0.4, 0.5) is 5.82 Å². The van der Waals surface area contributed by atoms with Crippen molar-refractivity contribution in [3.8, 4) is 5.75 Å². The number of nitrogens with zero attached hydrogens (tertiary/aromatic N) is 1. The molecule has 1 aliphatic carbocycles. The zero-order chi connectivity index (χ0) is 9.10. The molecule has 0 atom stereocenters. The van der Waals surface area contributed by atoms with E-state index in [1.165, 1.54) is 19.3 Å². The van der Waals surface area contributed by atoms with Crippen LogP contribution >= 0.6 is 0 Å². The maximum Gasteiger partial charge on any atom is 0.129 e. The monoisotopic (exact) mass is 178 g/mol. The van der Waals surface area contributed by atoms with Crippen molar-refractivity contribution in [3.05, 3.63) is 18.3 Å². The van der Waals surface area contributed by atoms with Gasteiger partial charge in [-0.05, 0) is 25.3 Å². The number of anilines is 1. The molecule has 0 spiro atoms. The van der Waals surface area contributed by atoms with E-state index < -0.39 is 0 Å². The summed E-state index contributed by atoms with van der Waals surface area (Å²) in [6, 6.07) is 3.83. The molecule has 0 radical (unpaired) electrons. The molecule has 13 heavy (non-hydrogen) atoms. The number of rotatable bonds is 3. The van der Waals surface area contributed by atoms with Crippen LogP contribution in [-0.4, -0.2) is 18.1 Å². The second-order valence-corrected chi connectivity index (χ2v) is 3.30. The molecule has 70 valence electrons. The number of pyridine rings is 1. The highest BCUT2D eigenvalue weighted by atomic mass is 16.5. The number of nitrogens with one attached hydrogen (secondary N) is 1. The Morgan fingerprint density at radius 3 is 3.00 bits per heavy atom. The molecule has 2 rings (SSSR count). The van der Waals surface area contributed by atoms with Gasteiger partial charge in [0.1, 0.15) is 11.6 Å². The molecule has 1 aliphatic rings. The lowest BCUT2D eigenvalue weighted by Crippen LogP contribution is -2.24. The summed E-state index contributed by atoms with van der Waals surface area (Å²) in [6.07, 6.45) is 5.88. The van der Waals surface area contributed by atoms with E-state index in [1.807, 2.05) is 19.2 Å². The average Bonchev–Trinajstić information content (AvgIpc) is 2.12. The fourth-order valence-electron chi connectivity index (χ4n) is 1.30. The Morgan fingerprint density at radius 1 is 1.54 bits per heavy atom. The molecule has 0 aromatic carbocycles. The Hall–Kier alpha value is -1.25. The molecule has 1 aromatic rings. The van der Waals surface area contributed by atoms with Crippen molar-refractivity contribution < 1.29 is 4.74 Å². The molecular weight excluding hydrogens is 164 g/mol. The molecule has 0 aliphatic heterocycles. The van der Waals surface area contributed by atoms with Crippen LogP contribution in [0.5, 0.6) is 5.75 Å². The van der Waals surface area contributed by atoms with E-state index in [0.29, 0.717) is 6.10 Å². The molecular formula is C10H14N2O. The first-order valence-corrected chi connectivity index (χ1v) is 4.69. The zero-order valence-electron chi connectivity index (χ0n) is 7.79. The summed E-state index contributed by atoms with van der Waals surface area (Å²) in [4.78, 5) is 4.12. The number of hydrogen-bond acceptors (Lipinski definition) is 3. The highest BCUT2D eigenvalue weighted by molar-refractivity contribution is 5.39. The lowest BCUT2D eigenvalue weighted by Gasteiger charge is -2.26. The molecule has 1 heterocycles. The number of hydrogen-bond donors (Lipinski definition) is 1. The zero-order valence-corrected chi connectivity index (χ0v) is 7.79. The third-order valence-corrected chi connectivity index (χ3v) is 2.34. The lowest BCUT2D eigenvalue weighted by molar-refractivity contribution is 0.120. The minimum atomic E-state index is 0.437. The maximum absolute atomic E-state index is 5.71. The summed E-state index contributed by atoms with van der Waals surface area (Å²) in [5.74, 6) is 1.78. The van der Waals surface area contributed by atoms with Gasteiger partial charge in [-0.15, -0.1) is 0 Å². The molecule has 0 amide bonds. The molecule has 0 saturated heterocycles. The van der Waals surface area contributed by atoms with Gasteiger partial charge in [-0.25, -0.2) is 4.98 Å². The van der Waals surface area contributed by atoms with Gasteiger partial charge in [0.15, 0.2) is 0 Å². The van der Waals surface area contributed by atoms with E-state index in [1.54, 1.807) is 6.20 Å². The van der Waals surface area contributed by atoms with Crippen LogP contribution in [0.25, 0.3) is 0 Å². The van der Waals surface area contributed by atoms with Gasteiger partial charge in [-0.3, -0.25) is 0 Å². The average molecular weight is 178 g/mol. The lowest BCUT2D eigenvalue weighted by atomic mass is 9.96. The van der Waals surface area contributed by atoms with E-state index in [0.717, 1.165) is 11.6 Å². The predicted molar refractivity (Wildman–Crippen MR) is 52.1 cm³/mol. The predicted octanol–water partition coefficient (Wildman–Crippen LogP) is 2.05. The van der Waals surface area contributed by atoms with Gasteiger partial charge in [0, 0.05) is 19.3 Å². The second kappa shape index (κ2) is 3.64. The van der Waals surface area contributed by atoms with Crippen molar-refractivity contribution in [3.63, 3.8) is 0 Å². The summed E-state index contributed by atoms with van der Waals surface area (Å²) < 4.78 is 5.71. The van der Waals surface area contributed by atoms with Gasteiger partial charge in [0.2, 0.25) is 0 Å². The second-order valence-electron chi connectivity index (χ2n) is 3.30. The Labute approximate surface area is 78.1 Å². The van der Waals surface area contributed by atoms with Gasteiger partial charge in [0.05, 0.1) is 6.10 Å². The molecule has 0 unspecified atom stereocenters. The van der Waals surface area contributed by atoms with Crippen molar-refractivity contribution >= 4 is 5.82 Å². The Balaban J connectivity index is 2.01. The first kappa shape index (κ1) is 8.35. The van der Waals surface area contributed by atoms with Crippen molar-refractivity contribution in [2.24, 2.45) is 0 Å². The van der Waals surface area contributed by atoms with Crippen LogP contribution < -0.4 is 10.1 Å². The van der Waals surface area contributed by atoms with Crippen LogP contribution in [-0.2, 0) is 0 Å². The van der Waals surface area contributed by atoms with Gasteiger partial charge in [-0.1, -0.05) is 0 Å². The molecule has 1 aromatic heterocycles. The maximum atomic E-state index is 5.71. The van der Waals surface area contributed by atoms with E-state index in [9.17, 15) is 0 Å². The molecule has 0 bridgehead atoms. The molecule has 1 saturated carbocycles. The fraction of sp³-hybridized carbons (Fsp3) is 0.500. The third-order valence-electron chi connectivity index (χ3n) is 2.34. The molecule has 1 N–H and O–H groups in total. The van der Waals surface area contributed by atoms with Crippen LogP contribution in [0.1, 0.15) is 19.3 Å². The van der Waals surface area contributed by atoms with Gasteiger partial charge in [-0.2, -0.15) is 0 Å². The van der Waals surface area contributed by atoms with Gasteiger partial charge in [0.25, 0.3) is 0 Å². The summed E-state index contributed by atoms with van der Waals surface area (Å²) >= 11 is 0. The summed E-state index contributed by atoms with van der Waals surface area (Å²) in [6.45, 7) is 0.